The molecule has 0 aliphatic rings. The molecule has 0 amide bonds. The number of rotatable bonds is 1. The third kappa shape index (κ3) is 1.35. The van der Waals surface area contributed by atoms with E-state index in [-0.39, 0.29) is 5.56 Å². The third-order valence-electron chi connectivity index (χ3n) is 1.54. The zero-order valence-electron chi connectivity index (χ0n) is 6.15. The number of halogens is 1. The van der Waals surface area contributed by atoms with Crippen LogP contribution in [0.2, 0.25) is 5.02 Å². The van der Waals surface area contributed by atoms with Gasteiger partial charge in [-0.1, -0.05) is 24.3 Å². The Hall–Kier alpha value is -1.02. The van der Waals surface area contributed by atoms with Crippen molar-refractivity contribution in [3.8, 4) is 0 Å². The van der Waals surface area contributed by atoms with Crippen molar-refractivity contribution < 1.29 is 0 Å². The summed E-state index contributed by atoms with van der Waals surface area (Å²) in [5.74, 6) is 0. The van der Waals surface area contributed by atoms with Crippen molar-refractivity contribution in [1.82, 2.24) is 4.98 Å². The van der Waals surface area contributed by atoms with E-state index in [1.165, 1.54) is 12.3 Å². The van der Waals surface area contributed by atoms with Crippen LogP contribution in [0.25, 0.3) is 6.08 Å². The lowest BCUT2D eigenvalue weighted by atomic mass is 10.1. The number of pyridine rings is 1. The number of aromatic nitrogens is 1. The molecule has 1 N–H and O–H groups in total. The highest BCUT2D eigenvalue weighted by molar-refractivity contribution is 6.31. The van der Waals surface area contributed by atoms with Gasteiger partial charge in [-0.3, -0.25) is 4.79 Å². The Kier molecular flexibility index (Phi) is 2.15. The second kappa shape index (κ2) is 2.93. The van der Waals surface area contributed by atoms with Gasteiger partial charge in [0.15, 0.2) is 0 Å². The molecule has 0 atom stereocenters. The summed E-state index contributed by atoms with van der Waals surface area (Å²) in [6, 6.07) is 0. The SMILES string of the molecule is C=Cc1c(C)c(Cl)c[nH]c1=O. The quantitative estimate of drug-likeness (QED) is 0.685. The number of aromatic amines is 1. The Balaban J connectivity index is 3.53. The fourth-order valence-corrected chi connectivity index (χ4v) is 1.02. The predicted octanol–water partition coefficient (Wildman–Crippen LogP) is 1.98. The molecule has 0 unspecified atom stereocenters. The van der Waals surface area contributed by atoms with E-state index in [4.69, 9.17) is 11.6 Å². The molecule has 0 fully saturated rings. The summed E-state index contributed by atoms with van der Waals surface area (Å²) in [4.78, 5) is 13.5. The van der Waals surface area contributed by atoms with Crippen LogP contribution in [0.5, 0.6) is 0 Å². The highest BCUT2D eigenvalue weighted by Gasteiger charge is 2.02. The Bertz CT molecular complexity index is 340. The number of hydrogen-bond acceptors (Lipinski definition) is 1. The Morgan fingerprint density at radius 3 is 2.82 bits per heavy atom. The van der Waals surface area contributed by atoms with Crippen molar-refractivity contribution in [3.05, 3.63) is 39.3 Å². The molecule has 3 heteroatoms. The number of H-pyrrole nitrogens is 1. The molecular weight excluding hydrogens is 162 g/mol. The smallest absolute Gasteiger partial charge is 0.255 e. The van der Waals surface area contributed by atoms with Crippen LogP contribution in [-0.4, -0.2) is 4.98 Å². The minimum absolute atomic E-state index is 0.151. The van der Waals surface area contributed by atoms with Gasteiger partial charge in [0.25, 0.3) is 5.56 Å². The summed E-state index contributed by atoms with van der Waals surface area (Å²) in [5, 5.41) is 0.555. The first-order valence-electron chi connectivity index (χ1n) is 3.17. The Morgan fingerprint density at radius 1 is 1.73 bits per heavy atom. The molecule has 11 heavy (non-hydrogen) atoms. The average Bonchev–Trinajstić information content (AvgIpc) is 1.99. The van der Waals surface area contributed by atoms with Crippen molar-refractivity contribution in [2.24, 2.45) is 0 Å². The zero-order chi connectivity index (χ0) is 8.43. The number of nitrogens with one attached hydrogen (secondary N) is 1. The fourth-order valence-electron chi connectivity index (χ4n) is 0.860. The molecule has 0 aromatic carbocycles. The Labute approximate surface area is 69.5 Å². The van der Waals surface area contributed by atoms with Gasteiger partial charge in [-0.2, -0.15) is 0 Å². The van der Waals surface area contributed by atoms with Gasteiger partial charge in [-0.15, -0.1) is 0 Å². The van der Waals surface area contributed by atoms with Crippen LogP contribution in [-0.2, 0) is 0 Å². The van der Waals surface area contributed by atoms with E-state index >= 15 is 0 Å². The highest BCUT2D eigenvalue weighted by atomic mass is 35.5. The van der Waals surface area contributed by atoms with Crippen LogP contribution in [0.4, 0.5) is 0 Å². The van der Waals surface area contributed by atoms with Crippen molar-refractivity contribution in [2.45, 2.75) is 6.92 Å². The summed E-state index contributed by atoms with van der Waals surface area (Å²) in [6.07, 6.45) is 2.98. The summed E-state index contributed by atoms with van der Waals surface area (Å²) in [7, 11) is 0. The van der Waals surface area contributed by atoms with Crippen LogP contribution in [0, 0.1) is 6.92 Å². The van der Waals surface area contributed by atoms with Gasteiger partial charge in [0.1, 0.15) is 0 Å². The maximum absolute atomic E-state index is 11.0. The van der Waals surface area contributed by atoms with Crippen LogP contribution in [0.15, 0.2) is 17.6 Å². The van der Waals surface area contributed by atoms with Gasteiger partial charge in [0.2, 0.25) is 0 Å². The summed E-state index contributed by atoms with van der Waals surface area (Å²) in [5.41, 5.74) is 1.16. The van der Waals surface area contributed by atoms with Crippen LogP contribution in [0.3, 0.4) is 0 Å². The lowest BCUT2D eigenvalue weighted by Gasteiger charge is -1.99. The predicted molar refractivity (Wildman–Crippen MR) is 46.9 cm³/mol. The van der Waals surface area contributed by atoms with E-state index in [0.717, 1.165) is 5.56 Å². The van der Waals surface area contributed by atoms with Gasteiger partial charge in [0, 0.05) is 11.8 Å². The molecule has 0 spiro atoms. The van der Waals surface area contributed by atoms with Gasteiger partial charge in [0.05, 0.1) is 5.02 Å². The molecule has 58 valence electrons. The minimum atomic E-state index is -0.151. The molecular formula is C8H8ClNO. The zero-order valence-corrected chi connectivity index (χ0v) is 6.90. The molecule has 0 bridgehead atoms. The van der Waals surface area contributed by atoms with E-state index in [9.17, 15) is 4.79 Å². The van der Waals surface area contributed by atoms with E-state index in [1.807, 2.05) is 0 Å². The van der Waals surface area contributed by atoms with Gasteiger partial charge in [-0.25, -0.2) is 0 Å². The van der Waals surface area contributed by atoms with E-state index in [0.29, 0.717) is 10.6 Å². The molecule has 0 radical (unpaired) electrons. The monoisotopic (exact) mass is 169 g/mol. The standard InChI is InChI=1S/C8H8ClNO/c1-3-6-5(2)7(9)4-10-8(6)11/h3-4H,1H2,2H3,(H,10,11). The first-order valence-corrected chi connectivity index (χ1v) is 3.55. The number of hydrogen-bond donors (Lipinski definition) is 1. The lowest BCUT2D eigenvalue weighted by molar-refractivity contribution is 1.19. The highest BCUT2D eigenvalue weighted by Crippen LogP contribution is 2.14. The summed E-state index contributed by atoms with van der Waals surface area (Å²) >= 11 is 5.75. The van der Waals surface area contributed by atoms with Crippen molar-refractivity contribution in [1.29, 1.82) is 0 Å². The maximum atomic E-state index is 11.0. The Morgan fingerprint density at radius 2 is 2.36 bits per heavy atom. The van der Waals surface area contributed by atoms with E-state index < -0.39 is 0 Å². The molecule has 1 rings (SSSR count). The third-order valence-corrected chi connectivity index (χ3v) is 1.93. The molecule has 0 aliphatic carbocycles. The van der Waals surface area contributed by atoms with Crippen molar-refractivity contribution in [2.75, 3.05) is 0 Å². The lowest BCUT2D eigenvalue weighted by Crippen LogP contribution is -2.10. The largest absolute Gasteiger partial charge is 0.327 e. The molecule has 1 aromatic heterocycles. The summed E-state index contributed by atoms with van der Waals surface area (Å²) < 4.78 is 0. The minimum Gasteiger partial charge on any atom is -0.327 e. The normalized spacial score (nSPS) is 9.64. The summed E-state index contributed by atoms with van der Waals surface area (Å²) in [6.45, 7) is 5.30. The van der Waals surface area contributed by atoms with E-state index in [2.05, 4.69) is 11.6 Å². The molecule has 0 saturated carbocycles. The second-order valence-electron chi connectivity index (χ2n) is 2.21. The molecule has 1 heterocycles. The van der Waals surface area contributed by atoms with Gasteiger partial charge < -0.3 is 4.98 Å². The van der Waals surface area contributed by atoms with Crippen molar-refractivity contribution in [3.63, 3.8) is 0 Å². The van der Waals surface area contributed by atoms with Gasteiger partial charge in [-0.05, 0) is 12.5 Å². The van der Waals surface area contributed by atoms with Crippen LogP contribution in [0.1, 0.15) is 11.1 Å². The maximum Gasteiger partial charge on any atom is 0.255 e. The fraction of sp³-hybridized carbons (Fsp3) is 0.125. The van der Waals surface area contributed by atoms with Crippen molar-refractivity contribution >= 4 is 17.7 Å². The van der Waals surface area contributed by atoms with Crippen LogP contribution >= 0.6 is 11.6 Å². The van der Waals surface area contributed by atoms with E-state index in [1.54, 1.807) is 6.92 Å². The van der Waals surface area contributed by atoms with Crippen LogP contribution < -0.4 is 5.56 Å². The first-order chi connectivity index (χ1) is 5.16. The molecule has 1 aromatic rings. The molecule has 0 saturated heterocycles. The topological polar surface area (TPSA) is 32.9 Å². The first kappa shape index (κ1) is 8.08. The second-order valence-corrected chi connectivity index (χ2v) is 2.62. The average molecular weight is 170 g/mol. The molecule has 2 nitrogen and oxygen atoms in total. The van der Waals surface area contributed by atoms with Gasteiger partial charge >= 0.3 is 0 Å². The molecule has 0 aliphatic heterocycles.